The van der Waals surface area contributed by atoms with Crippen molar-refractivity contribution in [1.82, 2.24) is 0 Å². The monoisotopic (exact) mass is 271 g/mol. The maximum atomic E-state index is 8.55. The molecule has 0 fully saturated rings. The van der Waals surface area contributed by atoms with Crippen molar-refractivity contribution in [2.24, 2.45) is 0 Å². The quantitative estimate of drug-likeness (QED) is 0.183. The zero-order valence-corrected chi connectivity index (χ0v) is 11.7. The first-order valence-electron chi connectivity index (χ1n) is 1.40. The summed E-state index contributed by atoms with van der Waals surface area (Å²) in [7, 11) is -10.6. The third-order valence-corrected chi connectivity index (χ3v) is 0. The summed E-state index contributed by atoms with van der Waals surface area (Å²) in [6.45, 7) is 0. The van der Waals surface area contributed by atoms with E-state index in [0.29, 0.717) is 0 Å². The Morgan fingerprint density at radius 3 is 0.917 bits per heavy atom. The fourth-order valence-electron chi connectivity index (χ4n) is 0. The Morgan fingerprint density at radius 2 is 0.917 bits per heavy atom. The van der Waals surface area contributed by atoms with Crippen molar-refractivity contribution in [3.63, 3.8) is 0 Å². The molecule has 0 saturated carbocycles. The first-order valence-corrected chi connectivity index (χ1v) is 4.19. The maximum Gasteiger partial charge on any atom is 2.00 e. The minimum atomic E-state index is -5.39. The molecule has 0 aliphatic carbocycles. The summed E-state index contributed by atoms with van der Waals surface area (Å²) >= 11 is 0. The van der Waals surface area contributed by atoms with Gasteiger partial charge in [0.25, 0.3) is 0 Å². The Labute approximate surface area is 128 Å². The predicted molar refractivity (Wildman–Crippen MR) is 29.6 cm³/mol. The molecule has 0 unspecified atom stereocenters. The van der Waals surface area contributed by atoms with Crippen LogP contribution in [0.5, 0.6) is 0 Å². The van der Waals surface area contributed by atoms with Gasteiger partial charge in [-0.25, -0.2) is 0 Å². The molecule has 0 aromatic carbocycles. The molecule has 0 radical (unpaired) electrons. The van der Waals surface area contributed by atoms with Gasteiger partial charge in [0.1, 0.15) is 0 Å². The van der Waals surface area contributed by atoms with Crippen molar-refractivity contribution in [3.05, 3.63) is 0 Å². The third-order valence-electron chi connectivity index (χ3n) is 0. The molecule has 0 aliphatic heterocycles. The van der Waals surface area contributed by atoms with Crippen molar-refractivity contribution < 1.29 is 36.8 Å². The molecule has 0 atom stereocenters. The molecule has 0 aliphatic rings. The zero-order valence-electron chi connectivity index (χ0n) is 5.54. The Balaban J connectivity index is -0.0000000457. The molecule has 0 amide bonds. The summed E-state index contributed by atoms with van der Waals surface area (Å²) in [5.74, 6) is 0. The second-order valence-corrected chi connectivity index (χ2v) is 2.57. The van der Waals surface area contributed by atoms with Crippen molar-refractivity contribution >= 4 is 93.7 Å². The molecule has 0 N–H and O–H groups in total. The van der Waals surface area contributed by atoms with E-state index in [0.717, 1.165) is 0 Å². The molecule has 12 heteroatoms. The summed E-state index contributed by atoms with van der Waals surface area (Å²) in [5.41, 5.74) is 0. The van der Waals surface area contributed by atoms with Gasteiger partial charge in [-0.15, -0.1) is 0 Å². The zero-order chi connectivity index (χ0) is 9.00. The van der Waals surface area contributed by atoms with Crippen LogP contribution in [0.2, 0.25) is 0 Å². The van der Waals surface area contributed by atoms with Crippen LogP contribution in [-0.4, -0.2) is 93.0 Å². The van der Waals surface area contributed by atoms with Gasteiger partial charge in [0.05, 0.1) is 0 Å². The van der Waals surface area contributed by atoms with Crippen LogP contribution in [0.1, 0.15) is 0 Å². The van der Waals surface area contributed by atoms with Crippen LogP contribution < -0.4 is 14.7 Å². The van der Waals surface area contributed by atoms with Gasteiger partial charge in [0.2, 0.25) is 0 Å². The van der Waals surface area contributed by atoms with Crippen LogP contribution in [0, 0.1) is 0 Å². The number of hydrogen-bond donors (Lipinski definition) is 0. The van der Waals surface area contributed by atoms with Crippen molar-refractivity contribution in [1.29, 1.82) is 0 Å². The fourth-order valence-corrected chi connectivity index (χ4v) is 0. The summed E-state index contributed by atoms with van der Waals surface area (Å²) in [6, 6.07) is 0. The molecule has 0 spiro atoms. The Morgan fingerprint density at radius 1 is 0.917 bits per heavy atom. The van der Waals surface area contributed by atoms with Gasteiger partial charge in [-0.3, -0.25) is 8.42 Å². The van der Waals surface area contributed by atoms with Crippen LogP contribution in [-0.2, 0) is 15.0 Å². The molecule has 64 valence electrons. The first-order chi connectivity index (χ1) is 4.00. The molecule has 0 bridgehead atoms. The molecule has 12 heavy (non-hydrogen) atoms. The van der Waals surface area contributed by atoms with Gasteiger partial charge in [-0.05, 0) is 0 Å². The minimum absolute atomic E-state index is 0. The third kappa shape index (κ3) is 265. The molecule has 0 aromatic rings. The largest absolute Gasteiger partial charge is 2.00 e. The van der Waals surface area contributed by atoms with Crippen LogP contribution >= 0.6 is 7.82 Å². The van der Waals surface area contributed by atoms with Crippen molar-refractivity contribution in [3.8, 4) is 0 Å². The van der Waals surface area contributed by atoms with E-state index < -0.39 is 18.2 Å². The van der Waals surface area contributed by atoms with E-state index in [1.165, 1.54) is 0 Å². The van der Waals surface area contributed by atoms with E-state index in [1.54, 1.807) is 0 Å². The molecule has 0 heterocycles. The van der Waals surface area contributed by atoms with Crippen LogP contribution in [0.25, 0.3) is 0 Å². The summed E-state index contributed by atoms with van der Waals surface area (Å²) in [5, 5.41) is 0. The van der Waals surface area contributed by atoms with E-state index in [2.05, 4.69) is 0 Å². The van der Waals surface area contributed by atoms with E-state index >= 15 is 0 Å². The van der Waals surface area contributed by atoms with E-state index in [1.807, 2.05) is 0 Å². The van der Waals surface area contributed by atoms with Gasteiger partial charge < -0.3 is 28.4 Å². The van der Waals surface area contributed by atoms with Gasteiger partial charge in [-0.1, -0.05) is 0 Å². The van der Waals surface area contributed by atoms with Gasteiger partial charge in [0.15, 0.2) is 0 Å². The molecular formula is Ca2O8PS-. The second-order valence-electron chi connectivity index (χ2n) is 0.855. The number of hydrogen-bond acceptors (Lipinski definition) is 8. The molecule has 0 aromatic heterocycles. The average Bonchev–Trinajstić information content (AvgIpc) is 1.12. The topological polar surface area (TPSA) is 167 Å². The molecule has 0 saturated heterocycles. The summed E-state index contributed by atoms with van der Waals surface area (Å²) in [4.78, 5) is 25.6. The van der Waals surface area contributed by atoms with Crippen LogP contribution in [0.4, 0.5) is 0 Å². The maximum absolute atomic E-state index is 8.55. The average molecular weight is 271 g/mol. The SMILES string of the molecule is O=P([O-])([O-])[O-].O=S(=O)([O-])[O-].[Ca+2].[Ca+2]. The van der Waals surface area contributed by atoms with E-state index in [4.69, 9.17) is 36.8 Å². The molecule has 8 nitrogen and oxygen atoms in total. The van der Waals surface area contributed by atoms with E-state index in [-0.39, 0.29) is 75.5 Å². The van der Waals surface area contributed by atoms with Gasteiger partial charge in [-0.2, -0.15) is 7.82 Å². The second kappa shape index (κ2) is 10.0. The van der Waals surface area contributed by atoms with E-state index in [9.17, 15) is 0 Å². The fraction of sp³-hybridized carbons (Fsp3) is 0. The Kier molecular flexibility index (Phi) is 20.0. The minimum Gasteiger partial charge on any atom is -0.822 e. The standard InChI is InChI=1S/2Ca.H3O4P.H2O4S/c;;2*1-5(2,3)4/h;;(H3,1,2,3,4);(H2,1,2,3,4)/q2*+2;;/p-5. The van der Waals surface area contributed by atoms with Gasteiger partial charge in [0, 0.05) is 10.4 Å². The first kappa shape index (κ1) is 24.0. The number of phosphoric acid groups is 1. The normalized spacial score (nSPS) is 9.75. The predicted octanol–water partition coefficient (Wildman–Crippen LogP) is -4.92. The van der Waals surface area contributed by atoms with Crippen LogP contribution in [0.15, 0.2) is 0 Å². The smallest absolute Gasteiger partial charge is 0.822 e. The number of rotatable bonds is 0. The van der Waals surface area contributed by atoms with Gasteiger partial charge >= 0.3 is 75.5 Å². The summed E-state index contributed by atoms with van der Waals surface area (Å²) in [6.07, 6.45) is 0. The summed E-state index contributed by atoms with van der Waals surface area (Å²) < 4.78 is 42.6. The van der Waals surface area contributed by atoms with Crippen molar-refractivity contribution in [2.45, 2.75) is 0 Å². The van der Waals surface area contributed by atoms with Crippen molar-refractivity contribution in [2.75, 3.05) is 0 Å². The molecule has 0 rings (SSSR count). The Bertz CT molecular complexity index is 195. The molecular weight excluding hydrogens is 271 g/mol. The van der Waals surface area contributed by atoms with Crippen LogP contribution in [0.3, 0.4) is 0 Å². The Hall–Kier alpha value is 2.50.